The maximum absolute atomic E-state index is 3.82. The van der Waals surface area contributed by atoms with Gasteiger partial charge in [-0.15, -0.1) is 11.3 Å². The molecular weight excluding hydrogens is 226 g/mol. The van der Waals surface area contributed by atoms with Gasteiger partial charge in [0.25, 0.3) is 0 Å². The summed E-state index contributed by atoms with van der Waals surface area (Å²) in [7, 11) is 0. The summed E-state index contributed by atoms with van der Waals surface area (Å²) >= 11 is 1.92. The van der Waals surface area contributed by atoms with Gasteiger partial charge in [-0.1, -0.05) is 31.7 Å². The molecule has 2 aliphatic carbocycles. The zero-order chi connectivity index (χ0) is 11.5. The summed E-state index contributed by atoms with van der Waals surface area (Å²) in [5.74, 6) is 1.95. The van der Waals surface area contributed by atoms with Crippen molar-refractivity contribution in [3.63, 3.8) is 0 Å². The van der Waals surface area contributed by atoms with Gasteiger partial charge in [0.15, 0.2) is 0 Å². The SMILES string of the molecule is c1csc(C(NCCC2CCCC2)C2CC2)c1. The lowest BCUT2D eigenvalue weighted by atomic mass is 10.0. The highest BCUT2D eigenvalue weighted by atomic mass is 32.1. The summed E-state index contributed by atoms with van der Waals surface area (Å²) in [6.45, 7) is 1.23. The highest BCUT2D eigenvalue weighted by molar-refractivity contribution is 7.10. The molecule has 1 N–H and O–H groups in total. The minimum atomic E-state index is 0.663. The minimum absolute atomic E-state index is 0.663. The fourth-order valence-electron chi connectivity index (χ4n) is 3.14. The van der Waals surface area contributed by atoms with Crippen LogP contribution in [0.3, 0.4) is 0 Å². The molecule has 1 aromatic rings. The average Bonchev–Trinajstić information content (AvgIpc) is 2.84. The lowest BCUT2D eigenvalue weighted by molar-refractivity contribution is 0.426. The van der Waals surface area contributed by atoms with Gasteiger partial charge in [0, 0.05) is 10.9 Å². The first-order chi connectivity index (χ1) is 8.43. The second-order valence-corrected chi connectivity index (χ2v) is 6.70. The largest absolute Gasteiger partial charge is 0.309 e. The van der Waals surface area contributed by atoms with E-state index >= 15 is 0 Å². The second kappa shape index (κ2) is 5.53. The van der Waals surface area contributed by atoms with E-state index in [1.54, 1.807) is 4.88 Å². The summed E-state index contributed by atoms with van der Waals surface area (Å²) in [5, 5.41) is 6.03. The van der Waals surface area contributed by atoms with E-state index in [-0.39, 0.29) is 0 Å². The normalized spacial score (nSPS) is 23.1. The topological polar surface area (TPSA) is 12.0 Å². The molecule has 0 bridgehead atoms. The molecule has 1 aromatic heterocycles. The molecule has 1 heterocycles. The molecule has 1 unspecified atom stereocenters. The molecule has 0 amide bonds. The van der Waals surface area contributed by atoms with Crippen LogP contribution in [0.1, 0.15) is 55.9 Å². The van der Waals surface area contributed by atoms with Crippen molar-refractivity contribution in [2.45, 2.75) is 51.0 Å². The van der Waals surface area contributed by atoms with E-state index < -0.39 is 0 Å². The molecule has 2 heteroatoms. The van der Waals surface area contributed by atoms with E-state index in [1.165, 1.54) is 51.5 Å². The number of hydrogen-bond donors (Lipinski definition) is 1. The van der Waals surface area contributed by atoms with Crippen molar-refractivity contribution in [2.75, 3.05) is 6.54 Å². The van der Waals surface area contributed by atoms with Crippen LogP contribution < -0.4 is 5.32 Å². The van der Waals surface area contributed by atoms with Crippen LogP contribution >= 0.6 is 11.3 Å². The van der Waals surface area contributed by atoms with Crippen LogP contribution in [0.15, 0.2) is 17.5 Å². The van der Waals surface area contributed by atoms with Crippen LogP contribution in [0, 0.1) is 11.8 Å². The zero-order valence-electron chi connectivity index (χ0n) is 10.5. The molecule has 94 valence electrons. The molecule has 0 aromatic carbocycles. The van der Waals surface area contributed by atoms with E-state index in [2.05, 4.69) is 22.8 Å². The molecule has 1 nitrogen and oxygen atoms in total. The van der Waals surface area contributed by atoms with Gasteiger partial charge < -0.3 is 5.32 Å². The Kier molecular flexibility index (Phi) is 3.82. The molecule has 3 rings (SSSR count). The van der Waals surface area contributed by atoms with Gasteiger partial charge in [0.05, 0.1) is 0 Å². The summed E-state index contributed by atoms with van der Waals surface area (Å²) in [6, 6.07) is 5.15. The molecule has 2 aliphatic rings. The first-order valence-corrected chi connectivity index (χ1v) is 8.08. The van der Waals surface area contributed by atoms with Crippen LogP contribution in [0.25, 0.3) is 0 Å². The Morgan fingerprint density at radius 3 is 2.71 bits per heavy atom. The summed E-state index contributed by atoms with van der Waals surface area (Å²) < 4.78 is 0. The molecule has 0 aliphatic heterocycles. The van der Waals surface area contributed by atoms with Gasteiger partial charge in [-0.2, -0.15) is 0 Å². The van der Waals surface area contributed by atoms with Gasteiger partial charge in [0.2, 0.25) is 0 Å². The number of hydrogen-bond acceptors (Lipinski definition) is 2. The highest BCUT2D eigenvalue weighted by Crippen LogP contribution is 2.42. The number of rotatable bonds is 6. The molecule has 2 fully saturated rings. The third-order valence-electron chi connectivity index (χ3n) is 4.33. The van der Waals surface area contributed by atoms with Gasteiger partial charge in [-0.3, -0.25) is 0 Å². The molecule has 1 atom stereocenters. The standard InChI is InChI=1S/C15H23NS/c1-2-5-12(4-1)9-10-16-15(13-7-8-13)14-6-3-11-17-14/h3,6,11-13,15-16H,1-2,4-5,7-10H2. The Bertz CT molecular complexity index is 323. The Labute approximate surface area is 109 Å². The quantitative estimate of drug-likeness (QED) is 0.789. The van der Waals surface area contributed by atoms with E-state index in [0.717, 1.165) is 11.8 Å². The van der Waals surface area contributed by atoms with Crippen LogP contribution in [0.5, 0.6) is 0 Å². The zero-order valence-corrected chi connectivity index (χ0v) is 11.3. The molecule has 0 saturated heterocycles. The van der Waals surface area contributed by atoms with E-state index in [4.69, 9.17) is 0 Å². The lowest BCUT2D eigenvalue weighted by Gasteiger charge is -2.18. The number of thiophene rings is 1. The van der Waals surface area contributed by atoms with Crippen molar-refractivity contribution < 1.29 is 0 Å². The summed E-state index contributed by atoms with van der Waals surface area (Å²) in [4.78, 5) is 1.55. The molecule has 0 radical (unpaired) electrons. The molecule has 2 saturated carbocycles. The Morgan fingerprint density at radius 2 is 2.06 bits per heavy atom. The maximum atomic E-state index is 3.82. The van der Waals surface area contributed by atoms with Crippen LogP contribution in [-0.4, -0.2) is 6.54 Å². The van der Waals surface area contributed by atoms with Crippen LogP contribution in [0.4, 0.5) is 0 Å². The Morgan fingerprint density at radius 1 is 1.24 bits per heavy atom. The first-order valence-electron chi connectivity index (χ1n) is 7.20. The number of nitrogens with one attached hydrogen (secondary N) is 1. The van der Waals surface area contributed by atoms with Crippen molar-refractivity contribution in [3.05, 3.63) is 22.4 Å². The average molecular weight is 249 g/mol. The van der Waals surface area contributed by atoms with Crippen molar-refractivity contribution in [3.8, 4) is 0 Å². The molecule has 0 spiro atoms. The lowest BCUT2D eigenvalue weighted by Crippen LogP contribution is -2.24. The predicted molar refractivity (Wildman–Crippen MR) is 74.4 cm³/mol. The predicted octanol–water partition coefficient (Wildman–Crippen LogP) is 4.37. The van der Waals surface area contributed by atoms with Crippen molar-refractivity contribution in [1.29, 1.82) is 0 Å². The van der Waals surface area contributed by atoms with E-state index in [9.17, 15) is 0 Å². The van der Waals surface area contributed by atoms with Gasteiger partial charge in [0.1, 0.15) is 0 Å². The highest BCUT2D eigenvalue weighted by Gasteiger charge is 2.32. The summed E-state index contributed by atoms with van der Waals surface area (Å²) in [6.07, 6.45) is 10.2. The maximum Gasteiger partial charge on any atom is 0.0443 e. The smallest absolute Gasteiger partial charge is 0.0443 e. The van der Waals surface area contributed by atoms with Gasteiger partial charge in [-0.25, -0.2) is 0 Å². The van der Waals surface area contributed by atoms with E-state index in [1.807, 2.05) is 11.3 Å². The third-order valence-corrected chi connectivity index (χ3v) is 5.29. The fourth-order valence-corrected chi connectivity index (χ4v) is 4.03. The van der Waals surface area contributed by atoms with Gasteiger partial charge in [-0.05, 0) is 49.1 Å². The van der Waals surface area contributed by atoms with Crippen molar-refractivity contribution >= 4 is 11.3 Å². The second-order valence-electron chi connectivity index (χ2n) is 5.72. The fraction of sp³-hybridized carbons (Fsp3) is 0.733. The Hall–Kier alpha value is -0.340. The van der Waals surface area contributed by atoms with Gasteiger partial charge >= 0.3 is 0 Å². The van der Waals surface area contributed by atoms with E-state index in [0.29, 0.717) is 6.04 Å². The van der Waals surface area contributed by atoms with Crippen LogP contribution in [-0.2, 0) is 0 Å². The Balaban J connectivity index is 1.47. The summed E-state index contributed by atoms with van der Waals surface area (Å²) in [5.41, 5.74) is 0. The molecular formula is C15H23NS. The van der Waals surface area contributed by atoms with Crippen molar-refractivity contribution in [2.24, 2.45) is 11.8 Å². The first kappa shape index (κ1) is 11.7. The molecule has 17 heavy (non-hydrogen) atoms. The van der Waals surface area contributed by atoms with Crippen LogP contribution in [0.2, 0.25) is 0 Å². The minimum Gasteiger partial charge on any atom is -0.309 e. The monoisotopic (exact) mass is 249 g/mol. The third kappa shape index (κ3) is 3.11. The van der Waals surface area contributed by atoms with Crippen molar-refractivity contribution in [1.82, 2.24) is 5.32 Å².